The molecule has 0 bridgehead atoms. The van der Waals surface area contributed by atoms with Crippen LogP contribution in [0.4, 0.5) is 5.82 Å². The Morgan fingerprint density at radius 2 is 2.15 bits per heavy atom. The van der Waals surface area contributed by atoms with Gasteiger partial charge in [-0.15, -0.1) is 0 Å². The Kier molecular flexibility index (Phi) is 4.59. The Bertz CT molecular complexity index is 612. The van der Waals surface area contributed by atoms with Crippen molar-refractivity contribution in [2.24, 2.45) is 0 Å². The Hall–Kier alpha value is -0.240. The van der Waals surface area contributed by atoms with E-state index in [1.165, 1.54) is 0 Å². The minimum atomic E-state index is 0.268. The molecule has 0 aromatic carbocycles. The maximum absolute atomic E-state index is 6.04. The van der Waals surface area contributed by atoms with Crippen LogP contribution in [-0.2, 0) is 0 Å². The highest BCUT2D eigenvalue weighted by Crippen LogP contribution is 2.31. The molecule has 1 fully saturated rings. The zero-order valence-corrected chi connectivity index (χ0v) is 14.9. The first-order chi connectivity index (χ1) is 9.67. The van der Waals surface area contributed by atoms with Crippen molar-refractivity contribution < 1.29 is 0 Å². The first-order valence-electron chi connectivity index (χ1n) is 6.39. The zero-order chi connectivity index (χ0) is 14.1. The number of piperidine rings is 1. The Morgan fingerprint density at radius 1 is 1.40 bits per heavy atom. The highest BCUT2D eigenvalue weighted by Gasteiger charge is 2.19. The van der Waals surface area contributed by atoms with Gasteiger partial charge in [-0.1, -0.05) is 0 Å². The normalized spacial score (nSPS) is 18.4. The molecule has 0 amide bonds. The number of imidazole rings is 1. The molecule has 108 valence electrons. The summed E-state index contributed by atoms with van der Waals surface area (Å²) in [6, 6.07) is 0.424. The first-order valence-corrected chi connectivity index (χ1v) is 10.8. The van der Waals surface area contributed by atoms with Crippen LogP contribution in [0, 0.1) is 0 Å². The molecular weight excluding hydrogens is 409 g/mol. The fraction of sp³-hybridized carbons (Fsp3) is 0.545. The third kappa shape index (κ3) is 3.00. The number of nitrogens with one attached hydrogen (secondary N) is 1. The summed E-state index contributed by atoms with van der Waals surface area (Å²) in [5.41, 5.74) is 1.60. The molecule has 1 aliphatic rings. The summed E-state index contributed by atoms with van der Waals surface area (Å²) in [5.74, 6) is 0.753. The molecule has 6 nitrogen and oxygen atoms in total. The van der Waals surface area contributed by atoms with Crippen LogP contribution in [0.1, 0.15) is 12.8 Å². The lowest BCUT2D eigenvalue weighted by Gasteiger charge is -2.29. The van der Waals surface area contributed by atoms with Gasteiger partial charge in [-0.25, -0.2) is 4.98 Å². The number of halogens is 2. The molecule has 3 rings (SSSR count). The van der Waals surface area contributed by atoms with Gasteiger partial charge < -0.3 is 10.2 Å². The molecule has 9 heteroatoms. The van der Waals surface area contributed by atoms with Gasteiger partial charge in [-0.2, -0.15) is 9.97 Å². The summed E-state index contributed by atoms with van der Waals surface area (Å²) >= 11 is 8.34. The molecule has 20 heavy (non-hydrogen) atoms. The molecule has 1 aliphatic heterocycles. The third-order valence-corrected chi connectivity index (χ3v) is 5.76. The van der Waals surface area contributed by atoms with Crippen molar-refractivity contribution in [1.82, 2.24) is 24.2 Å². The predicted molar refractivity (Wildman–Crippen MR) is 92.2 cm³/mol. The Labute approximate surface area is 137 Å². The van der Waals surface area contributed by atoms with Gasteiger partial charge in [0.1, 0.15) is 6.33 Å². The van der Waals surface area contributed by atoms with E-state index in [1.807, 2.05) is 4.34 Å². The highest BCUT2D eigenvalue weighted by atomic mass is 127. The molecule has 1 unspecified atom stereocenters. The van der Waals surface area contributed by atoms with Crippen LogP contribution < -0.4 is 5.32 Å². The molecule has 3 heterocycles. The van der Waals surface area contributed by atoms with Gasteiger partial charge in [0.15, 0.2) is 17.0 Å². The van der Waals surface area contributed by atoms with Gasteiger partial charge in [0.05, 0.1) is 6.37 Å². The van der Waals surface area contributed by atoms with Gasteiger partial charge in [-0.3, -0.25) is 4.34 Å². The molecule has 2 aromatic heterocycles. The number of nitrogens with zero attached hydrogens (tertiary/aromatic N) is 5. The van der Waals surface area contributed by atoms with Gasteiger partial charge >= 0.3 is 0 Å². The number of hydrogen-bond donors (Lipinski definition) is 1. The molecule has 2 aromatic rings. The summed E-state index contributed by atoms with van der Waals surface area (Å²) < 4.78 is 1.99. The molecule has 0 radical (unpaired) electrons. The van der Waals surface area contributed by atoms with E-state index in [9.17, 15) is 0 Å². The summed E-state index contributed by atoms with van der Waals surface area (Å²) in [7, 11) is 2.15. The third-order valence-electron chi connectivity index (χ3n) is 3.52. The van der Waals surface area contributed by atoms with Gasteiger partial charge in [0, 0.05) is 6.04 Å². The lowest BCUT2D eigenvalue weighted by atomic mass is 10.1. The van der Waals surface area contributed by atoms with Crippen LogP contribution in [-0.4, -0.2) is 50.4 Å². The van der Waals surface area contributed by atoms with Crippen LogP contribution in [0.3, 0.4) is 0 Å². The average molecular weight is 425 g/mol. The average Bonchev–Trinajstić information content (AvgIpc) is 2.84. The number of aromatic nitrogens is 4. The second-order valence-corrected chi connectivity index (χ2v) is 7.37. The van der Waals surface area contributed by atoms with E-state index in [0.717, 1.165) is 42.9 Å². The Balaban J connectivity index is 1.89. The number of anilines is 1. The number of rotatable bonds is 3. The predicted octanol–water partition coefficient (Wildman–Crippen LogP) is 2.78. The van der Waals surface area contributed by atoms with E-state index in [2.05, 4.69) is 54.3 Å². The maximum Gasteiger partial charge on any atom is 0.226 e. The SMILES string of the molecule is CN1CCC(Nc2nc(Cl)nc3c2ncn3PI)CC1. The minimum absolute atomic E-state index is 0.268. The summed E-state index contributed by atoms with van der Waals surface area (Å²) in [6.07, 6.45) is 4.55. The standard InChI is InChI=1S/C11H15ClIN6P/c1-18-4-2-7(3-5-18)15-9-8-10(17-11(12)16-9)19(20-13)6-14-8/h6-7,20H,2-5H2,1H3,(H,15,16,17). The fourth-order valence-corrected chi connectivity index (χ4v) is 3.94. The van der Waals surface area contributed by atoms with E-state index in [1.54, 1.807) is 6.33 Å². The molecule has 1 N–H and O–H groups in total. The van der Waals surface area contributed by atoms with Crippen molar-refractivity contribution in [3.05, 3.63) is 11.6 Å². The van der Waals surface area contributed by atoms with E-state index < -0.39 is 0 Å². The highest BCUT2D eigenvalue weighted by molar-refractivity contribution is 14.2. The monoisotopic (exact) mass is 424 g/mol. The van der Waals surface area contributed by atoms with Crippen LogP contribution >= 0.6 is 40.0 Å². The molecular formula is C11H15ClIN6P. The second-order valence-electron chi connectivity index (χ2n) is 4.93. The van der Waals surface area contributed by atoms with Crippen molar-refractivity contribution >= 4 is 57.0 Å². The van der Waals surface area contributed by atoms with Crippen molar-refractivity contribution in [3.63, 3.8) is 0 Å². The van der Waals surface area contributed by atoms with E-state index in [0.29, 0.717) is 12.4 Å². The zero-order valence-electron chi connectivity index (χ0n) is 11.0. The summed E-state index contributed by atoms with van der Waals surface area (Å²) in [5, 5.41) is 3.75. The number of fused-ring (bicyclic) bond motifs is 1. The van der Waals surface area contributed by atoms with E-state index in [4.69, 9.17) is 11.6 Å². The van der Waals surface area contributed by atoms with E-state index in [-0.39, 0.29) is 5.28 Å². The van der Waals surface area contributed by atoms with Gasteiger partial charge in [-0.05, 0) is 66.6 Å². The van der Waals surface area contributed by atoms with Crippen molar-refractivity contribution in [2.45, 2.75) is 18.9 Å². The topological polar surface area (TPSA) is 58.9 Å². The quantitative estimate of drug-likeness (QED) is 0.466. The largest absolute Gasteiger partial charge is 0.365 e. The summed E-state index contributed by atoms with van der Waals surface area (Å²) in [4.78, 5) is 15.4. The van der Waals surface area contributed by atoms with Crippen molar-refractivity contribution in [2.75, 3.05) is 25.5 Å². The fourth-order valence-electron chi connectivity index (χ4n) is 2.38. The van der Waals surface area contributed by atoms with Crippen molar-refractivity contribution in [3.8, 4) is 0 Å². The van der Waals surface area contributed by atoms with Gasteiger partial charge in [0.25, 0.3) is 0 Å². The van der Waals surface area contributed by atoms with Gasteiger partial charge in [0.2, 0.25) is 5.28 Å². The van der Waals surface area contributed by atoms with Crippen LogP contribution in [0.25, 0.3) is 11.2 Å². The number of hydrogen-bond acceptors (Lipinski definition) is 5. The summed E-state index contributed by atoms with van der Waals surface area (Å²) in [6.45, 7) is 2.20. The molecule has 1 atom stereocenters. The molecule has 1 saturated heterocycles. The maximum atomic E-state index is 6.04. The lowest BCUT2D eigenvalue weighted by molar-refractivity contribution is 0.263. The van der Waals surface area contributed by atoms with Crippen LogP contribution in [0.15, 0.2) is 6.33 Å². The lowest BCUT2D eigenvalue weighted by Crippen LogP contribution is -2.36. The Morgan fingerprint density at radius 3 is 2.85 bits per heavy atom. The van der Waals surface area contributed by atoms with E-state index >= 15 is 0 Å². The first kappa shape index (κ1) is 14.7. The smallest absolute Gasteiger partial charge is 0.226 e. The number of likely N-dealkylation sites (tertiary alicyclic amines) is 1. The minimum Gasteiger partial charge on any atom is -0.365 e. The molecule has 0 spiro atoms. The van der Waals surface area contributed by atoms with Crippen LogP contribution in [0.5, 0.6) is 0 Å². The molecule has 0 aliphatic carbocycles. The van der Waals surface area contributed by atoms with Crippen LogP contribution in [0.2, 0.25) is 5.28 Å². The second kappa shape index (κ2) is 6.25. The molecule has 0 saturated carbocycles. The van der Waals surface area contributed by atoms with Crippen molar-refractivity contribution in [1.29, 1.82) is 0 Å².